The van der Waals surface area contributed by atoms with E-state index < -0.39 is 0 Å². The van der Waals surface area contributed by atoms with Crippen molar-refractivity contribution >= 4 is 17.5 Å². The lowest BCUT2D eigenvalue weighted by atomic mass is 9.95. The molecule has 2 aromatic carbocycles. The van der Waals surface area contributed by atoms with Gasteiger partial charge in [-0.15, -0.1) is 0 Å². The molecule has 1 atom stereocenters. The third-order valence-electron chi connectivity index (χ3n) is 8.16. The molecule has 242 valence electrons. The van der Waals surface area contributed by atoms with Crippen LogP contribution in [0.15, 0.2) is 29.1 Å². The van der Waals surface area contributed by atoms with Crippen LogP contribution < -0.4 is 35.6 Å². The second-order valence-electron chi connectivity index (χ2n) is 11.5. The average molecular weight is 610 g/mol. The third kappa shape index (κ3) is 9.63. The van der Waals surface area contributed by atoms with Crippen molar-refractivity contribution < 1.29 is 23.8 Å². The van der Waals surface area contributed by atoms with Gasteiger partial charge in [0.2, 0.25) is 23.0 Å². The zero-order valence-corrected chi connectivity index (χ0v) is 27.2. The van der Waals surface area contributed by atoms with Gasteiger partial charge < -0.3 is 30.2 Å². The number of ether oxygens (including phenoxy) is 3. The predicted octanol–water partition coefficient (Wildman–Crippen LogP) is 6.31. The molecule has 3 N–H and O–H groups in total. The van der Waals surface area contributed by atoms with Crippen LogP contribution in [0.25, 0.3) is 11.1 Å². The fraction of sp³-hybridized carbons (Fsp3) is 0.571. The van der Waals surface area contributed by atoms with Crippen LogP contribution >= 0.6 is 0 Å². The number of anilines is 1. The van der Waals surface area contributed by atoms with Gasteiger partial charge in [0.25, 0.3) is 0 Å². The van der Waals surface area contributed by atoms with Gasteiger partial charge in [-0.2, -0.15) is 0 Å². The van der Waals surface area contributed by atoms with Gasteiger partial charge in [-0.05, 0) is 67.0 Å². The third-order valence-corrected chi connectivity index (χ3v) is 8.16. The first kappa shape index (κ1) is 34.7. The van der Waals surface area contributed by atoms with Crippen molar-refractivity contribution in [2.75, 3.05) is 39.7 Å². The number of hydrogen-bond acceptors (Lipinski definition) is 7. The Morgan fingerprint density at radius 2 is 1.57 bits per heavy atom. The number of fused-ring (bicyclic) bond motifs is 3. The highest BCUT2D eigenvalue weighted by molar-refractivity contribution is 5.83. The van der Waals surface area contributed by atoms with Gasteiger partial charge >= 0.3 is 0 Å². The van der Waals surface area contributed by atoms with Gasteiger partial charge in [-0.25, -0.2) is 0 Å². The summed E-state index contributed by atoms with van der Waals surface area (Å²) in [6, 6.07) is 6.93. The maximum atomic E-state index is 13.4. The van der Waals surface area contributed by atoms with Crippen LogP contribution in [0.1, 0.15) is 102 Å². The first-order valence-corrected chi connectivity index (χ1v) is 16.1. The van der Waals surface area contributed by atoms with E-state index in [9.17, 15) is 14.4 Å². The number of carbonyl (C=O) groups excluding carboxylic acids is 2. The predicted molar refractivity (Wildman–Crippen MR) is 176 cm³/mol. The molecular formula is C35H51N3O6. The van der Waals surface area contributed by atoms with Crippen molar-refractivity contribution in [3.05, 3.63) is 45.6 Å². The Kier molecular flexibility index (Phi) is 14.3. The van der Waals surface area contributed by atoms with E-state index in [0.29, 0.717) is 48.7 Å². The second kappa shape index (κ2) is 18.1. The van der Waals surface area contributed by atoms with Crippen molar-refractivity contribution in [3.63, 3.8) is 0 Å². The molecule has 0 fully saturated rings. The van der Waals surface area contributed by atoms with Crippen LogP contribution in [0, 0.1) is 0 Å². The second-order valence-corrected chi connectivity index (χ2v) is 11.5. The molecule has 3 rings (SSSR count). The largest absolute Gasteiger partial charge is 0.493 e. The molecule has 0 aliphatic heterocycles. The van der Waals surface area contributed by atoms with Crippen LogP contribution in [-0.4, -0.2) is 46.2 Å². The lowest BCUT2D eigenvalue weighted by molar-refractivity contribution is -0.121. The topological polar surface area (TPSA) is 115 Å². The molecule has 0 saturated carbocycles. The smallest absolute Gasteiger partial charge is 0.219 e. The standard InChI is InChI=1S/C35H51N3O6/c1-6-7-8-9-10-13-21-37-32(41)15-12-11-14-20-36-29-19-17-26-27(23-30(29)40)28(38-24(2)39)18-16-25-22-31(42-3)34(43-4)35(44-5)33(25)26/h17,19,22-23,28H,6-16,18,20-21H2,1-5H3,(H,36,40)(H,37,41)(H,38,39)/t28-/m0/s1. The molecule has 0 unspecified atom stereocenters. The van der Waals surface area contributed by atoms with E-state index in [1.165, 1.54) is 39.0 Å². The SMILES string of the molecule is CCCCCCCCNC(=O)CCCCCNc1ccc2c(cc1=O)[C@@H](NC(C)=O)CCc1cc(OC)c(OC)c(OC)c1-2. The summed E-state index contributed by atoms with van der Waals surface area (Å²) in [5.74, 6) is 1.51. The van der Waals surface area contributed by atoms with Crippen molar-refractivity contribution in [2.24, 2.45) is 0 Å². The van der Waals surface area contributed by atoms with Crippen molar-refractivity contribution in [1.29, 1.82) is 0 Å². The number of aryl methyl sites for hydroxylation is 1. The molecule has 0 radical (unpaired) electrons. The highest BCUT2D eigenvalue weighted by atomic mass is 16.5. The summed E-state index contributed by atoms with van der Waals surface area (Å²) in [6.07, 6.45) is 11.6. The van der Waals surface area contributed by atoms with E-state index in [1.54, 1.807) is 33.5 Å². The van der Waals surface area contributed by atoms with Crippen LogP contribution in [-0.2, 0) is 16.0 Å². The quantitative estimate of drug-likeness (QED) is 0.170. The number of amides is 2. The van der Waals surface area contributed by atoms with E-state index in [2.05, 4.69) is 22.9 Å². The molecule has 0 aromatic heterocycles. The summed E-state index contributed by atoms with van der Waals surface area (Å²) >= 11 is 0. The van der Waals surface area contributed by atoms with Gasteiger partial charge in [0.05, 0.1) is 33.1 Å². The Morgan fingerprint density at radius 1 is 0.864 bits per heavy atom. The molecule has 9 nitrogen and oxygen atoms in total. The first-order chi connectivity index (χ1) is 21.3. The summed E-state index contributed by atoms with van der Waals surface area (Å²) in [4.78, 5) is 37.7. The van der Waals surface area contributed by atoms with Gasteiger partial charge in [-0.1, -0.05) is 51.5 Å². The minimum absolute atomic E-state index is 0.114. The Balaban J connectivity index is 1.68. The molecule has 1 aliphatic carbocycles. The van der Waals surface area contributed by atoms with Gasteiger partial charge in [0, 0.05) is 32.0 Å². The summed E-state index contributed by atoms with van der Waals surface area (Å²) in [5, 5.41) is 9.36. The Morgan fingerprint density at radius 3 is 2.27 bits per heavy atom. The van der Waals surface area contributed by atoms with E-state index in [4.69, 9.17) is 14.2 Å². The normalized spacial score (nSPS) is 13.6. The lowest BCUT2D eigenvalue weighted by Gasteiger charge is -2.19. The van der Waals surface area contributed by atoms with Crippen LogP contribution in [0.3, 0.4) is 0 Å². The highest BCUT2D eigenvalue weighted by Gasteiger charge is 2.29. The number of rotatable bonds is 18. The number of carbonyl (C=O) groups is 2. The lowest BCUT2D eigenvalue weighted by Crippen LogP contribution is -2.26. The highest BCUT2D eigenvalue weighted by Crippen LogP contribution is 2.50. The molecule has 0 spiro atoms. The molecule has 0 heterocycles. The number of methoxy groups -OCH3 is 3. The van der Waals surface area contributed by atoms with Crippen LogP contribution in [0.4, 0.5) is 5.69 Å². The van der Waals surface area contributed by atoms with E-state index in [0.717, 1.165) is 54.5 Å². The summed E-state index contributed by atoms with van der Waals surface area (Å²) in [7, 11) is 4.74. The molecule has 2 aromatic rings. The number of hydrogen-bond donors (Lipinski definition) is 3. The maximum absolute atomic E-state index is 13.4. The summed E-state index contributed by atoms with van der Waals surface area (Å²) in [6.45, 7) is 5.07. The minimum Gasteiger partial charge on any atom is -0.493 e. The zero-order valence-electron chi connectivity index (χ0n) is 27.2. The fourth-order valence-electron chi connectivity index (χ4n) is 5.89. The maximum Gasteiger partial charge on any atom is 0.219 e. The monoisotopic (exact) mass is 609 g/mol. The molecule has 44 heavy (non-hydrogen) atoms. The van der Waals surface area contributed by atoms with Crippen molar-refractivity contribution in [2.45, 2.75) is 96.9 Å². The van der Waals surface area contributed by atoms with Gasteiger partial charge in [0.1, 0.15) is 0 Å². The molecule has 9 heteroatoms. The summed E-state index contributed by atoms with van der Waals surface area (Å²) in [5.41, 5.74) is 3.67. The summed E-state index contributed by atoms with van der Waals surface area (Å²) < 4.78 is 17.1. The Labute approximate surface area is 262 Å². The van der Waals surface area contributed by atoms with E-state index >= 15 is 0 Å². The van der Waals surface area contributed by atoms with E-state index in [-0.39, 0.29) is 23.3 Å². The molecular weight excluding hydrogens is 558 g/mol. The molecule has 2 amide bonds. The first-order valence-electron chi connectivity index (χ1n) is 16.1. The van der Waals surface area contributed by atoms with Crippen LogP contribution in [0.5, 0.6) is 17.2 Å². The Hall–Kier alpha value is -3.75. The Bertz CT molecular complexity index is 1310. The van der Waals surface area contributed by atoms with Gasteiger partial charge in [0.15, 0.2) is 11.5 Å². The van der Waals surface area contributed by atoms with E-state index in [1.807, 2.05) is 12.1 Å². The van der Waals surface area contributed by atoms with Crippen molar-refractivity contribution in [1.82, 2.24) is 10.6 Å². The number of unbranched alkanes of at least 4 members (excludes halogenated alkanes) is 7. The number of nitrogens with one attached hydrogen (secondary N) is 3. The zero-order chi connectivity index (χ0) is 31.9. The molecule has 0 saturated heterocycles. The average Bonchev–Trinajstić information content (AvgIpc) is 3.25. The fourth-order valence-corrected chi connectivity index (χ4v) is 5.89. The molecule has 1 aliphatic rings. The minimum atomic E-state index is -0.350. The molecule has 0 bridgehead atoms. The number of benzene rings is 1. The van der Waals surface area contributed by atoms with Gasteiger partial charge in [-0.3, -0.25) is 14.4 Å². The van der Waals surface area contributed by atoms with Crippen molar-refractivity contribution in [3.8, 4) is 28.4 Å². The van der Waals surface area contributed by atoms with Crippen LogP contribution in [0.2, 0.25) is 0 Å².